The molecule has 1 aromatic rings. The predicted octanol–water partition coefficient (Wildman–Crippen LogP) is 3.53. The lowest BCUT2D eigenvalue weighted by Crippen LogP contribution is -2.26. The molecule has 1 aromatic heterocycles. The summed E-state index contributed by atoms with van der Waals surface area (Å²) in [5.74, 6) is 2.43. The van der Waals surface area contributed by atoms with Crippen LogP contribution in [0, 0.1) is 5.41 Å². The topological polar surface area (TPSA) is 38.9 Å². The maximum absolute atomic E-state index is 5.69. The summed E-state index contributed by atoms with van der Waals surface area (Å²) in [4.78, 5) is 0. The van der Waals surface area contributed by atoms with Gasteiger partial charge in [0.05, 0.1) is 0 Å². The molecule has 90 valence electrons. The highest BCUT2D eigenvalue weighted by molar-refractivity contribution is 6.17. The van der Waals surface area contributed by atoms with Crippen LogP contribution < -0.4 is 0 Å². The van der Waals surface area contributed by atoms with Crippen molar-refractivity contribution in [3.8, 4) is 0 Å². The third-order valence-electron chi connectivity index (χ3n) is 3.60. The van der Waals surface area contributed by atoms with Crippen molar-refractivity contribution in [1.82, 2.24) is 10.2 Å². The van der Waals surface area contributed by atoms with Crippen molar-refractivity contribution in [2.45, 2.75) is 51.9 Å². The number of alkyl halides is 1. The smallest absolute Gasteiger partial charge is 0.220 e. The molecule has 1 fully saturated rings. The zero-order chi connectivity index (χ0) is 11.6. The molecule has 4 heteroatoms. The molecule has 0 N–H and O–H groups in total. The summed E-state index contributed by atoms with van der Waals surface area (Å²) in [6.45, 7) is 4.59. The summed E-state index contributed by atoms with van der Waals surface area (Å²) in [5.41, 5.74) is 0.281. The molecular formula is C12H19ClN2O. The largest absolute Gasteiger partial charge is 0.425 e. The highest BCUT2D eigenvalue weighted by Crippen LogP contribution is 2.46. The standard InChI is InChI=1S/C12H19ClN2O/c1-12(2)7-4-3-5-9(12)11-15-14-10(16-11)6-8-13/h9H,3-8H2,1-2H3. The molecule has 0 aliphatic heterocycles. The van der Waals surface area contributed by atoms with Crippen LogP contribution in [-0.4, -0.2) is 16.1 Å². The lowest BCUT2D eigenvalue weighted by atomic mass is 9.69. The van der Waals surface area contributed by atoms with Gasteiger partial charge in [0.15, 0.2) is 0 Å². The Morgan fingerprint density at radius 1 is 1.38 bits per heavy atom. The van der Waals surface area contributed by atoms with Crippen LogP contribution >= 0.6 is 11.6 Å². The van der Waals surface area contributed by atoms with Crippen LogP contribution in [0.5, 0.6) is 0 Å². The molecule has 1 aliphatic carbocycles. The van der Waals surface area contributed by atoms with Crippen molar-refractivity contribution in [3.05, 3.63) is 11.8 Å². The molecule has 2 rings (SSSR count). The van der Waals surface area contributed by atoms with Gasteiger partial charge in [0.1, 0.15) is 0 Å². The van der Waals surface area contributed by atoms with E-state index in [0.29, 0.717) is 24.1 Å². The normalized spacial score (nSPS) is 24.6. The average Bonchev–Trinajstić information content (AvgIpc) is 2.66. The molecule has 1 atom stereocenters. The first-order valence-electron chi connectivity index (χ1n) is 6.02. The molecule has 1 saturated carbocycles. The fourth-order valence-corrected chi connectivity index (χ4v) is 2.70. The zero-order valence-electron chi connectivity index (χ0n) is 10.0. The maximum atomic E-state index is 5.69. The Kier molecular flexibility index (Phi) is 3.53. The van der Waals surface area contributed by atoms with Gasteiger partial charge in [-0.2, -0.15) is 0 Å². The van der Waals surface area contributed by atoms with E-state index in [9.17, 15) is 0 Å². The van der Waals surface area contributed by atoms with Crippen molar-refractivity contribution >= 4 is 11.6 Å². The summed E-state index contributed by atoms with van der Waals surface area (Å²) in [6.07, 6.45) is 5.65. The van der Waals surface area contributed by atoms with Crippen LogP contribution in [0.1, 0.15) is 57.2 Å². The lowest BCUT2D eigenvalue weighted by Gasteiger charge is -2.36. The fraction of sp³-hybridized carbons (Fsp3) is 0.833. The number of aryl methyl sites for hydroxylation is 1. The molecule has 0 radical (unpaired) electrons. The van der Waals surface area contributed by atoms with Gasteiger partial charge < -0.3 is 4.42 Å². The third kappa shape index (κ3) is 2.40. The van der Waals surface area contributed by atoms with Crippen molar-refractivity contribution in [2.75, 3.05) is 5.88 Å². The molecule has 1 heterocycles. The molecule has 1 aliphatic rings. The third-order valence-corrected chi connectivity index (χ3v) is 3.79. The first-order valence-corrected chi connectivity index (χ1v) is 6.55. The maximum Gasteiger partial charge on any atom is 0.220 e. The second-order valence-corrected chi connectivity index (χ2v) is 5.64. The Bertz CT molecular complexity index is 349. The van der Waals surface area contributed by atoms with Gasteiger partial charge in [0.25, 0.3) is 0 Å². The molecule has 0 saturated heterocycles. The molecule has 0 aromatic carbocycles. The molecule has 0 amide bonds. The van der Waals surface area contributed by atoms with Gasteiger partial charge in [-0.25, -0.2) is 0 Å². The lowest BCUT2D eigenvalue weighted by molar-refractivity contribution is 0.171. The van der Waals surface area contributed by atoms with E-state index in [2.05, 4.69) is 24.0 Å². The van der Waals surface area contributed by atoms with Gasteiger partial charge in [-0.3, -0.25) is 0 Å². The van der Waals surface area contributed by atoms with Crippen LogP contribution in [0.15, 0.2) is 4.42 Å². The number of aromatic nitrogens is 2. The van der Waals surface area contributed by atoms with Crippen LogP contribution in [0.4, 0.5) is 0 Å². The van der Waals surface area contributed by atoms with Crippen molar-refractivity contribution < 1.29 is 4.42 Å². The predicted molar refractivity (Wildman–Crippen MR) is 63.7 cm³/mol. The van der Waals surface area contributed by atoms with E-state index in [0.717, 1.165) is 12.3 Å². The van der Waals surface area contributed by atoms with E-state index in [1.54, 1.807) is 0 Å². The number of halogens is 1. The summed E-state index contributed by atoms with van der Waals surface area (Å²) in [7, 11) is 0. The molecule has 0 spiro atoms. The van der Waals surface area contributed by atoms with E-state index >= 15 is 0 Å². The van der Waals surface area contributed by atoms with Crippen LogP contribution in [0.2, 0.25) is 0 Å². The van der Waals surface area contributed by atoms with Crippen molar-refractivity contribution in [2.24, 2.45) is 5.41 Å². The van der Waals surface area contributed by atoms with E-state index in [-0.39, 0.29) is 5.41 Å². The summed E-state index contributed by atoms with van der Waals surface area (Å²) >= 11 is 5.66. The molecule has 1 unspecified atom stereocenters. The minimum Gasteiger partial charge on any atom is -0.425 e. The van der Waals surface area contributed by atoms with Gasteiger partial charge in [0.2, 0.25) is 11.8 Å². The van der Waals surface area contributed by atoms with Gasteiger partial charge >= 0.3 is 0 Å². The fourth-order valence-electron chi connectivity index (χ4n) is 2.54. The van der Waals surface area contributed by atoms with Gasteiger partial charge in [-0.05, 0) is 18.3 Å². The quantitative estimate of drug-likeness (QED) is 0.761. The minimum absolute atomic E-state index is 0.281. The van der Waals surface area contributed by atoms with E-state index < -0.39 is 0 Å². The average molecular weight is 243 g/mol. The van der Waals surface area contributed by atoms with Gasteiger partial charge in [-0.15, -0.1) is 21.8 Å². The number of hydrogen-bond acceptors (Lipinski definition) is 3. The minimum atomic E-state index is 0.281. The second-order valence-electron chi connectivity index (χ2n) is 5.26. The summed E-state index contributed by atoms with van der Waals surface area (Å²) in [6, 6.07) is 0. The number of hydrogen-bond donors (Lipinski definition) is 0. The Morgan fingerprint density at radius 3 is 2.88 bits per heavy atom. The molecule has 16 heavy (non-hydrogen) atoms. The van der Waals surface area contributed by atoms with Crippen molar-refractivity contribution in [1.29, 1.82) is 0 Å². The zero-order valence-corrected chi connectivity index (χ0v) is 10.8. The second kappa shape index (κ2) is 4.74. The summed E-state index contributed by atoms with van der Waals surface area (Å²) in [5, 5.41) is 8.22. The van der Waals surface area contributed by atoms with Crippen LogP contribution in [-0.2, 0) is 6.42 Å². The number of nitrogens with zero attached hydrogens (tertiary/aromatic N) is 2. The molecule has 3 nitrogen and oxygen atoms in total. The van der Waals surface area contributed by atoms with E-state index in [4.69, 9.17) is 16.0 Å². The summed E-state index contributed by atoms with van der Waals surface area (Å²) < 4.78 is 5.69. The van der Waals surface area contributed by atoms with E-state index in [1.807, 2.05) is 0 Å². The van der Waals surface area contributed by atoms with E-state index in [1.165, 1.54) is 19.3 Å². The first kappa shape index (κ1) is 11.9. The number of rotatable bonds is 3. The van der Waals surface area contributed by atoms with Crippen LogP contribution in [0.25, 0.3) is 0 Å². The Balaban J connectivity index is 2.15. The van der Waals surface area contributed by atoms with Crippen LogP contribution in [0.3, 0.4) is 0 Å². The monoisotopic (exact) mass is 242 g/mol. The van der Waals surface area contributed by atoms with Gasteiger partial charge in [0, 0.05) is 18.2 Å². The first-order chi connectivity index (χ1) is 7.63. The highest BCUT2D eigenvalue weighted by Gasteiger charge is 2.36. The Morgan fingerprint density at radius 2 is 2.19 bits per heavy atom. The van der Waals surface area contributed by atoms with Gasteiger partial charge in [-0.1, -0.05) is 26.7 Å². The Hall–Kier alpha value is -0.570. The van der Waals surface area contributed by atoms with Crippen molar-refractivity contribution in [3.63, 3.8) is 0 Å². The molecule has 0 bridgehead atoms. The SMILES string of the molecule is CC1(C)CCCCC1c1nnc(CCCl)o1. The molecular weight excluding hydrogens is 224 g/mol. The highest BCUT2D eigenvalue weighted by atomic mass is 35.5. The Labute approximate surface area is 102 Å².